The minimum absolute atomic E-state index is 0.0229. The number of rotatable bonds is 4. The lowest BCUT2D eigenvalue weighted by Gasteiger charge is -2.05. The Morgan fingerprint density at radius 1 is 1.52 bits per heavy atom. The monoisotopic (exact) mass is 299 g/mol. The highest BCUT2D eigenvalue weighted by molar-refractivity contribution is 7.13. The summed E-state index contributed by atoms with van der Waals surface area (Å²) < 4.78 is 5.18. The molecule has 5 nitrogen and oxygen atoms in total. The van der Waals surface area contributed by atoms with Crippen LogP contribution in [-0.2, 0) is 4.79 Å². The van der Waals surface area contributed by atoms with Crippen LogP contribution in [-0.4, -0.2) is 18.0 Å². The number of carbonyl (C=O) groups excluding carboxylic acids is 1. The number of anilines is 1. The van der Waals surface area contributed by atoms with Gasteiger partial charge >= 0.3 is 0 Å². The van der Waals surface area contributed by atoms with E-state index in [4.69, 9.17) is 10.00 Å². The Morgan fingerprint density at radius 2 is 2.33 bits per heavy atom. The van der Waals surface area contributed by atoms with Crippen LogP contribution in [0.2, 0.25) is 0 Å². The number of nitrogens with zero attached hydrogens (tertiary/aromatic N) is 2. The van der Waals surface area contributed by atoms with Crippen molar-refractivity contribution in [2.45, 2.75) is 6.92 Å². The first-order chi connectivity index (χ1) is 10.1. The number of benzene rings is 1. The zero-order valence-corrected chi connectivity index (χ0v) is 12.4. The highest BCUT2D eigenvalue weighted by atomic mass is 32.1. The fourth-order valence-corrected chi connectivity index (χ4v) is 2.28. The second-order valence-electron chi connectivity index (χ2n) is 4.19. The van der Waals surface area contributed by atoms with Crippen LogP contribution < -0.4 is 10.1 Å². The third-order valence-electron chi connectivity index (χ3n) is 2.75. The molecule has 0 atom stereocenters. The first-order valence-electron chi connectivity index (χ1n) is 6.11. The molecule has 2 rings (SSSR count). The van der Waals surface area contributed by atoms with Crippen LogP contribution in [0.3, 0.4) is 0 Å². The molecule has 0 radical (unpaired) electrons. The van der Waals surface area contributed by atoms with Gasteiger partial charge in [0.05, 0.1) is 7.11 Å². The van der Waals surface area contributed by atoms with E-state index < -0.39 is 5.91 Å². The van der Waals surface area contributed by atoms with E-state index in [1.807, 2.05) is 19.1 Å². The summed E-state index contributed by atoms with van der Waals surface area (Å²) in [5.74, 6) is 0.291. The summed E-state index contributed by atoms with van der Waals surface area (Å²) in [6.07, 6.45) is 3.12. The van der Waals surface area contributed by atoms with Gasteiger partial charge < -0.3 is 4.74 Å². The van der Waals surface area contributed by atoms with Gasteiger partial charge in [0.15, 0.2) is 5.13 Å². The van der Waals surface area contributed by atoms with Crippen molar-refractivity contribution in [3.63, 3.8) is 0 Å². The van der Waals surface area contributed by atoms with E-state index >= 15 is 0 Å². The fraction of sp³-hybridized carbons (Fsp3) is 0.133. The van der Waals surface area contributed by atoms with Crippen LogP contribution >= 0.6 is 11.3 Å². The number of nitrogens with one attached hydrogen (secondary N) is 1. The molecule has 6 heteroatoms. The van der Waals surface area contributed by atoms with E-state index in [0.29, 0.717) is 5.13 Å². The predicted molar refractivity (Wildman–Crippen MR) is 82.1 cm³/mol. The highest BCUT2D eigenvalue weighted by Crippen LogP contribution is 2.20. The van der Waals surface area contributed by atoms with Crippen LogP contribution in [0.5, 0.6) is 5.75 Å². The third-order valence-corrected chi connectivity index (χ3v) is 3.44. The van der Waals surface area contributed by atoms with Gasteiger partial charge in [0.25, 0.3) is 5.91 Å². The molecule has 0 bridgehead atoms. The SMILES string of the molecule is COc1ccc(/C=C(\C#N)C(=O)Nc2nccs2)cc1C. The lowest BCUT2D eigenvalue weighted by atomic mass is 10.1. The first-order valence-corrected chi connectivity index (χ1v) is 6.99. The zero-order valence-electron chi connectivity index (χ0n) is 11.6. The number of hydrogen-bond acceptors (Lipinski definition) is 5. The molecule has 0 aliphatic carbocycles. The first kappa shape index (κ1) is 14.8. The van der Waals surface area contributed by atoms with Crippen LogP contribution in [0.4, 0.5) is 5.13 Å². The zero-order chi connectivity index (χ0) is 15.2. The van der Waals surface area contributed by atoms with Gasteiger partial charge in [0, 0.05) is 11.6 Å². The van der Waals surface area contributed by atoms with Crippen LogP contribution in [0, 0.1) is 18.3 Å². The fourth-order valence-electron chi connectivity index (χ4n) is 1.76. The lowest BCUT2D eigenvalue weighted by Crippen LogP contribution is -2.13. The van der Waals surface area contributed by atoms with Crippen molar-refractivity contribution in [2.24, 2.45) is 0 Å². The molecule has 21 heavy (non-hydrogen) atoms. The molecule has 0 unspecified atom stereocenters. The minimum atomic E-state index is -0.471. The summed E-state index contributed by atoms with van der Waals surface area (Å²) in [6, 6.07) is 7.35. The molecule has 0 spiro atoms. The quantitative estimate of drug-likeness (QED) is 0.695. The van der Waals surface area contributed by atoms with Crippen molar-refractivity contribution in [3.8, 4) is 11.8 Å². The topological polar surface area (TPSA) is 75.0 Å². The molecular weight excluding hydrogens is 286 g/mol. The number of aromatic nitrogens is 1. The molecule has 2 aromatic rings. The van der Waals surface area contributed by atoms with Crippen molar-refractivity contribution >= 4 is 28.5 Å². The lowest BCUT2D eigenvalue weighted by molar-refractivity contribution is -0.112. The van der Waals surface area contributed by atoms with Crippen molar-refractivity contribution in [3.05, 3.63) is 46.5 Å². The molecule has 0 saturated heterocycles. The average Bonchev–Trinajstić information content (AvgIpc) is 2.97. The number of hydrogen-bond donors (Lipinski definition) is 1. The summed E-state index contributed by atoms with van der Waals surface area (Å²) in [7, 11) is 1.60. The van der Waals surface area contributed by atoms with Gasteiger partial charge in [-0.05, 0) is 36.3 Å². The minimum Gasteiger partial charge on any atom is -0.496 e. The van der Waals surface area contributed by atoms with Crippen molar-refractivity contribution < 1.29 is 9.53 Å². The third kappa shape index (κ3) is 3.68. The molecule has 1 amide bonds. The average molecular weight is 299 g/mol. The van der Waals surface area contributed by atoms with Gasteiger partial charge in [-0.25, -0.2) is 4.98 Å². The molecular formula is C15H13N3O2S. The van der Waals surface area contributed by atoms with E-state index in [2.05, 4.69) is 10.3 Å². The normalized spacial score (nSPS) is 10.8. The maximum Gasteiger partial charge on any atom is 0.268 e. The summed E-state index contributed by atoms with van der Waals surface area (Å²) >= 11 is 1.30. The second kappa shape index (κ2) is 6.68. The van der Waals surface area contributed by atoms with Gasteiger partial charge in [-0.2, -0.15) is 5.26 Å². The maximum absolute atomic E-state index is 12.0. The smallest absolute Gasteiger partial charge is 0.268 e. The second-order valence-corrected chi connectivity index (χ2v) is 5.08. The largest absolute Gasteiger partial charge is 0.496 e. The predicted octanol–water partition coefficient (Wildman–Crippen LogP) is 3.01. The van der Waals surface area contributed by atoms with Gasteiger partial charge in [-0.15, -0.1) is 11.3 Å². The standard InChI is InChI=1S/C15H13N3O2S/c1-10-7-11(3-4-13(10)20-2)8-12(9-16)14(19)18-15-17-5-6-21-15/h3-8H,1-2H3,(H,17,18,19)/b12-8+. The van der Waals surface area contributed by atoms with Crippen molar-refractivity contribution in [1.82, 2.24) is 4.98 Å². The molecule has 1 heterocycles. The highest BCUT2D eigenvalue weighted by Gasteiger charge is 2.11. The van der Waals surface area contributed by atoms with E-state index in [0.717, 1.165) is 16.9 Å². The summed E-state index contributed by atoms with van der Waals surface area (Å²) in [4.78, 5) is 15.9. The molecule has 1 aromatic heterocycles. The van der Waals surface area contributed by atoms with Gasteiger partial charge in [-0.1, -0.05) is 6.07 Å². The maximum atomic E-state index is 12.0. The molecule has 0 saturated carbocycles. The summed E-state index contributed by atoms with van der Waals surface area (Å²) in [6.45, 7) is 1.90. The number of amides is 1. The molecule has 106 valence electrons. The number of thiazole rings is 1. The Balaban J connectivity index is 2.22. The van der Waals surface area contributed by atoms with Gasteiger partial charge in [0.1, 0.15) is 17.4 Å². The van der Waals surface area contributed by atoms with Gasteiger partial charge in [-0.3, -0.25) is 10.1 Å². The van der Waals surface area contributed by atoms with E-state index in [9.17, 15) is 4.79 Å². The summed E-state index contributed by atoms with van der Waals surface area (Å²) in [5.41, 5.74) is 1.72. The molecule has 1 N–H and O–H groups in total. The van der Waals surface area contributed by atoms with Crippen LogP contribution in [0.15, 0.2) is 35.3 Å². The number of ether oxygens (including phenoxy) is 1. The van der Waals surface area contributed by atoms with E-state index in [1.54, 1.807) is 30.8 Å². The molecule has 1 aromatic carbocycles. The van der Waals surface area contributed by atoms with Crippen LogP contribution in [0.1, 0.15) is 11.1 Å². The Labute approximate surface area is 126 Å². The number of methoxy groups -OCH3 is 1. The molecule has 0 aliphatic rings. The number of aryl methyl sites for hydroxylation is 1. The van der Waals surface area contributed by atoms with Gasteiger partial charge in [0.2, 0.25) is 0 Å². The Hall–Kier alpha value is -2.65. The summed E-state index contributed by atoms with van der Waals surface area (Å²) in [5, 5.41) is 13.9. The molecule has 0 fully saturated rings. The van der Waals surface area contributed by atoms with E-state index in [-0.39, 0.29) is 5.57 Å². The Bertz CT molecular complexity index is 715. The van der Waals surface area contributed by atoms with E-state index in [1.165, 1.54) is 17.4 Å². The number of carbonyl (C=O) groups is 1. The number of nitriles is 1. The van der Waals surface area contributed by atoms with Crippen LogP contribution in [0.25, 0.3) is 6.08 Å². The van der Waals surface area contributed by atoms with Crippen molar-refractivity contribution in [2.75, 3.05) is 12.4 Å². The Kier molecular flexibility index (Phi) is 4.69. The Morgan fingerprint density at radius 3 is 2.90 bits per heavy atom. The molecule has 0 aliphatic heterocycles. The van der Waals surface area contributed by atoms with Crippen molar-refractivity contribution in [1.29, 1.82) is 5.26 Å².